The summed E-state index contributed by atoms with van der Waals surface area (Å²) in [5.74, 6) is 0.721. The van der Waals surface area contributed by atoms with Crippen LogP contribution in [0, 0.1) is 0 Å². The lowest BCUT2D eigenvalue weighted by Gasteiger charge is -2.10. The molecule has 7 rings (SSSR count). The molecule has 0 fully saturated rings. The van der Waals surface area contributed by atoms with Crippen molar-refractivity contribution < 1.29 is 0 Å². The van der Waals surface area contributed by atoms with Crippen LogP contribution in [0.2, 0.25) is 0 Å². The van der Waals surface area contributed by atoms with E-state index in [4.69, 9.17) is 4.98 Å². The number of hydrogen-bond donors (Lipinski definition) is 3. The maximum absolute atomic E-state index is 4.98. The van der Waals surface area contributed by atoms with Gasteiger partial charge in [-0.05, 0) is 29.3 Å². The van der Waals surface area contributed by atoms with Gasteiger partial charge in [0.2, 0.25) is 0 Å². The van der Waals surface area contributed by atoms with E-state index in [0.29, 0.717) is 6.54 Å². The average Bonchev–Trinajstić information content (AvgIpc) is 3.54. The molecule has 1 aliphatic rings. The molecule has 0 saturated heterocycles. The number of nitrogens with one attached hydrogen (secondary N) is 3. The first kappa shape index (κ1) is 18.3. The number of aromatic amines is 2. The molecule has 8 nitrogen and oxygen atoms in total. The summed E-state index contributed by atoms with van der Waals surface area (Å²) < 4.78 is 1.92. The number of rotatable bonds is 0. The van der Waals surface area contributed by atoms with Gasteiger partial charge < -0.3 is 10.3 Å². The second-order valence-electron chi connectivity index (χ2n) is 8.41. The maximum atomic E-state index is 4.98. The molecule has 5 heterocycles. The van der Waals surface area contributed by atoms with Crippen LogP contribution in [0.5, 0.6) is 0 Å². The Kier molecular flexibility index (Phi) is 3.80. The number of benzene rings is 2. The Morgan fingerprint density at radius 3 is 2.85 bits per heavy atom. The third-order valence-corrected chi connectivity index (χ3v) is 6.39. The van der Waals surface area contributed by atoms with Gasteiger partial charge in [-0.15, -0.1) is 0 Å². The first-order valence-corrected chi connectivity index (χ1v) is 10.9. The topological polar surface area (TPSA) is 100 Å². The Balaban J connectivity index is 1.53. The molecule has 4 aromatic heterocycles. The van der Waals surface area contributed by atoms with Gasteiger partial charge in [0.25, 0.3) is 0 Å². The van der Waals surface area contributed by atoms with Crippen molar-refractivity contribution in [2.45, 2.75) is 13.1 Å². The van der Waals surface area contributed by atoms with Crippen LogP contribution in [-0.4, -0.2) is 34.9 Å². The van der Waals surface area contributed by atoms with Crippen molar-refractivity contribution in [2.24, 2.45) is 7.05 Å². The molecular formula is C25H20N8. The zero-order valence-corrected chi connectivity index (χ0v) is 17.9. The molecular weight excluding hydrogens is 412 g/mol. The predicted octanol–water partition coefficient (Wildman–Crippen LogP) is 4.17. The van der Waals surface area contributed by atoms with Crippen LogP contribution in [0.15, 0.2) is 60.9 Å². The van der Waals surface area contributed by atoms with E-state index in [1.807, 2.05) is 24.1 Å². The van der Waals surface area contributed by atoms with E-state index < -0.39 is 0 Å². The molecule has 160 valence electrons. The Morgan fingerprint density at radius 1 is 0.939 bits per heavy atom. The molecule has 6 bridgehead atoms. The molecule has 2 aromatic carbocycles. The molecule has 0 amide bonds. The van der Waals surface area contributed by atoms with Crippen LogP contribution >= 0.6 is 0 Å². The second-order valence-corrected chi connectivity index (χ2v) is 8.41. The lowest BCUT2D eigenvalue weighted by Crippen LogP contribution is -2.16. The van der Waals surface area contributed by atoms with E-state index in [0.717, 1.165) is 68.1 Å². The summed E-state index contributed by atoms with van der Waals surface area (Å²) in [6.07, 6.45) is 3.77. The van der Waals surface area contributed by atoms with Crippen molar-refractivity contribution >= 4 is 22.1 Å². The third-order valence-electron chi connectivity index (χ3n) is 6.39. The Bertz CT molecular complexity index is 1670. The lowest BCUT2D eigenvalue weighted by atomic mass is 10.0. The zero-order valence-electron chi connectivity index (χ0n) is 17.9. The fraction of sp³-hybridized carbons (Fsp3) is 0.120. The van der Waals surface area contributed by atoms with E-state index in [2.05, 4.69) is 79.1 Å². The van der Waals surface area contributed by atoms with Crippen LogP contribution in [0.1, 0.15) is 11.3 Å². The van der Waals surface area contributed by atoms with Crippen LogP contribution in [0.25, 0.3) is 55.8 Å². The van der Waals surface area contributed by atoms with E-state index in [1.165, 1.54) is 5.56 Å². The summed E-state index contributed by atoms with van der Waals surface area (Å²) in [6.45, 7) is 1.45. The van der Waals surface area contributed by atoms with Gasteiger partial charge in [0.05, 0.1) is 28.3 Å². The standard InChI is InChI=1S/C25H20N8/c1-33-21-13-26-10-14-4-2-5-15(8-14)17-6-3-7-20-22(17)30-25(29-20)23-18-9-16(19(21)12-28-33)11-27-24(18)32-31-23/h2-9,11-12,26H,10,13H2,1H3,(H,29,30)(H,27,31,32). The van der Waals surface area contributed by atoms with Crippen LogP contribution in [0.3, 0.4) is 0 Å². The lowest BCUT2D eigenvalue weighted by molar-refractivity contribution is 0.627. The summed E-state index contributed by atoms with van der Waals surface area (Å²) in [5, 5.41) is 16.6. The number of aryl methyl sites for hydroxylation is 1. The van der Waals surface area contributed by atoms with Gasteiger partial charge in [0.15, 0.2) is 11.5 Å². The highest BCUT2D eigenvalue weighted by Gasteiger charge is 2.18. The SMILES string of the molecule is Cn1ncc2c1CNCc1cccc(c1)-c1cccc3[nH]c(nc13)-c1n[nH]c3ncc-2cc13. The summed E-state index contributed by atoms with van der Waals surface area (Å²) in [7, 11) is 1.97. The number of hydrogen-bond acceptors (Lipinski definition) is 5. The number of fused-ring (bicyclic) bond motifs is 8. The summed E-state index contributed by atoms with van der Waals surface area (Å²) in [6, 6.07) is 17.0. The molecule has 8 heteroatoms. The zero-order chi connectivity index (χ0) is 21.9. The van der Waals surface area contributed by atoms with Crippen molar-refractivity contribution in [1.82, 2.24) is 40.2 Å². The average molecular weight is 432 g/mol. The number of nitrogens with zero attached hydrogens (tertiary/aromatic N) is 5. The number of para-hydroxylation sites is 1. The maximum Gasteiger partial charge on any atom is 0.159 e. The number of H-pyrrole nitrogens is 2. The highest BCUT2D eigenvalue weighted by atomic mass is 15.3. The fourth-order valence-corrected chi connectivity index (χ4v) is 4.70. The second kappa shape index (κ2) is 6.85. The highest BCUT2D eigenvalue weighted by Crippen LogP contribution is 2.33. The van der Waals surface area contributed by atoms with Crippen LogP contribution in [0.4, 0.5) is 0 Å². The molecule has 3 N–H and O–H groups in total. The molecule has 33 heavy (non-hydrogen) atoms. The smallest absolute Gasteiger partial charge is 0.159 e. The molecule has 0 radical (unpaired) electrons. The van der Waals surface area contributed by atoms with Gasteiger partial charge in [-0.1, -0.05) is 30.3 Å². The summed E-state index contributed by atoms with van der Waals surface area (Å²) in [4.78, 5) is 13.1. The largest absolute Gasteiger partial charge is 0.337 e. The van der Waals surface area contributed by atoms with Crippen molar-refractivity contribution in [3.05, 3.63) is 72.2 Å². The number of imidazole rings is 1. The Morgan fingerprint density at radius 2 is 1.88 bits per heavy atom. The Labute approximate surface area is 188 Å². The number of pyridine rings is 1. The van der Waals surface area contributed by atoms with E-state index in [1.54, 1.807) is 0 Å². The minimum absolute atomic E-state index is 0.696. The summed E-state index contributed by atoms with van der Waals surface area (Å²) in [5.41, 5.74) is 10.0. The predicted molar refractivity (Wildman–Crippen MR) is 127 cm³/mol. The van der Waals surface area contributed by atoms with Gasteiger partial charge in [-0.3, -0.25) is 9.78 Å². The van der Waals surface area contributed by atoms with E-state index in [9.17, 15) is 0 Å². The summed E-state index contributed by atoms with van der Waals surface area (Å²) >= 11 is 0. The Hall–Kier alpha value is -4.30. The first-order valence-electron chi connectivity index (χ1n) is 10.9. The monoisotopic (exact) mass is 432 g/mol. The van der Waals surface area contributed by atoms with Crippen molar-refractivity contribution in [3.63, 3.8) is 0 Å². The van der Waals surface area contributed by atoms with Crippen LogP contribution < -0.4 is 5.32 Å². The van der Waals surface area contributed by atoms with Gasteiger partial charge >= 0.3 is 0 Å². The first-order chi connectivity index (χ1) is 16.2. The molecule has 0 unspecified atom stereocenters. The molecule has 0 saturated carbocycles. The molecule has 0 aliphatic carbocycles. The van der Waals surface area contributed by atoms with Gasteiger partial charge in [-0.2, -0.15) is 10.2 Å². The molecule has 6 aromatic rings. The molecule has 1 aliphatic heterocycles. The highest BCUT2D eigenvalue weighted by molar-refractivity contribution is 5.97. The van der Waals surface area contributed by atoms with Gasteiger partial charge in [0, 0.05) is 43.0 Å². The molecule has 0 spiro atoms. The third kappa shape index (κ3) is 2.81. The van der Waals surface area contributed by atoms with Crippen LogP contribution in [-0.2, 0) is 20.1 Å². The minimum atomic E-state index is 0.696. The number of aromatic nitrogens is 7. The molecule has 0 atom stereocenters. The normalized spacial score (nSPS) is 13.2. The quantitative estimate of drug-likeness (QED) is 0.334. The fourth-order valence-electron chi connectivity index (χ4n) is 4.70. The van der Waals surface area contributed by atoms with E-state index in [-0.39, 0.29) is 0 Å². The van der Waals surface area contributed by atoms with E-state index >= 15 is 0 Å². The van der Waals surface area contributed by atoms with Gasteiger partial charge in [0.1, 0.15) is 5.69 Å². The minimum Gasteiger partial charge on any atom is -0.337 e. The van der Waals surface area contributed by atoms with Crippen molar-refractivity contribution in [3.8, 4) is 33.8 Å². The van der Waals surface area contributed by atoms with Gasteiger partial charge in [-0.25, -0.2) is 9.97 Å². The van der Waals surface area contributed by atoms with Crippen molar-refractivity contribution in [1.29, 1.82) is 0 Å². The van der Waals surface area contributed by atoms with Crippen molar-refractivity contribution in [2.75, 3.05) is 0 Å².